The summed E-state index contributed by atoms with van der Waals surface area (Å²) in [6.45, 7) is 2.04. The third-order valence-corrected chi connectivity index (χ3v) is 8.79. The molecular formula is C47H33IrN3O-2. The SMILES string of the molecule is Cc1cc2c(oc3c[c-]c(-c4cc(-c5ccccc5)ccn4)cc32)c(Cc2ccccc2)n1.[Ir].[c-]1ccc(-c2ccccc2)cc1-c1ccccn1. The van der Waals surface area contributed by atoms with Crippen LogP contribution in [0.1, 0.15) is 17.0 Å². The standard InChI is InChI=1S/C30H21N2O.C17H12N.Ir/c1-20-16-26-25-18-24(27-19-23(14-15-31-27)22-10-6-3-7-11-22)12-13-29(25)33-30(26)28(32-20)17-21-8-4-2-5-9-21;1-2-7-14(8-3-1)15-9-6-10-16(13-15)17-11-4-5-12-18-17;/h2-11,13-16,18-19H,17H2,1H3;1-9,11-13H;/q2*-1;. The van der Waals surface area contributed by atoms with E-state index in [4.69, 9.17) is 9.40 Å². The van der Waals surface area contributed by atoms with Crippen LogP contribution in [0.2, 0.25) is 0 Å². The first-order chi connectivity index (χ1) is 25.2. The van der Waals surface area contributed by atoms with Crippen LogP contribution in [-0.2, 0) is 26.5 Å². The van der Waals surface area contributed by atoms with Gasteiger partial charge in [0, 0.05) is 50.0 Å². The number of aryl methyl sites for hydroxylation is 1. The van der Waals surface area contributed by atoms with Crippen LogP contribution >= 0.6 is 0 Å². The molecule has 5 aromatic carbocycles. The van der Waals surface area contributed by atoms with Crippen LogP contribution in [0.25, 0.3) is 66.7 Å². The van der Waals surface area contributed by atoms with Gasteiger partial charge in [-0.25, -0.2) is 0 Å². The van der Waals surface area contributed by atoms with Crippen molar-refractivity contribution in [2.75, 3.05) is 0 Å². The van der Waals surface area contributed by atoms with Crippen LogP contribution < -0.4 is 0 Å². The zero-order valence-corrected chi connectivity index (χ0v) is 30.9. The van der Waals surface area contributed by atoms with Gasteiger partial charge in [0.1, 0.15) is 5.58 Å². The van der Waals surface area contributed by atoms with Crippen molar-refractivity contribution in [3.8, 4) is 44.8 Å². The second kappa shape index (κ2) is 15.9. The van der Waals surface area contributed by atoms with Crippen molar-refractivity contribution < 1.29 is 24.5 Å². The monoisotopic (exact) mass is 848 g/mol. The largest absolute Gasteiger partial charge is 0.499 e. The number of furan rings is 1. The Labute approximate surface area is 317 Å². The molecule has 4 nitrogen and oxygen atoms in total. The van der Waals surface area contributed by atoms with Crippen molar-refractivity contribution in [2.24, 2.45) is 0 Å². The Morgan fingerprint density at radius 1 is 0.558 bits per heavy atom. The molecule has 0 spiro atoms. The number of fused-ring (bicyclic) bond motifs is 3. The van der Waals surface area contributed by atoms with Crippen LogP contribution in [0.15, 0.2) is 175 Å². The Morgan fingerprint density at radius 2 is 1.21 bits per heavy atom. The first-order valence-electron chi connectivity index (χ1n) is 17.0. The van der Waals surface area contributed by atoms with Crippen LogP contribution in [0.3, 0.4) is 0 Å². The molecule has 0 saturated heterocycles. The molecule has 9 aromatic rings. The van der Waals surface area contributed by atoms with Crippen molar-refractivity contribution in [1.29, 1.82) is 0 Å². The first-order valence-corrected chi connectivity index (χ1v) is 17.0. The second-order valence-corrected chi connectivity index (χ2v) is 12.3. The van der Waals surface area contributed by atoms with Crippen molar-refractivity contribution >= 4 is 21.9 Å². The quantitative estimate of drug-likeness (QED) is 0.156. The van der Waals surface area contributed by atoms with Gasteiger partial charge in [-0.2, -0.15) is 0 Å². The van der Waals surface area contributed by atoms with Gasteiger partial charge >= 0.3 is 0 Å². The molecular weight excluding hydrogens is 815 g/mol. The molecule has 253 valence electrons. The minimum atomic E-state index is 0. The molecule has 5 heteroatoms. The Hall–Kier alpha value is -6.00. The summed E-state index contributed by atoms with van der Waals surface area (Å²) in [5.41, 5.74) is 13.3. The molecule has 0 N–H and O–H groups in total. The van der Waals surface area contributed by atoms with E-state index in [9.17, 15) is 0 Å². The van der Waals surface area contributed by atoms with Gasteiger partial charge in [0.05, 0.1) is 11.3 Å². The van der Waals surface area contributed by atoms with Gasteiger partial charge in [0.15, 0.2) is 0 Å². The van der Waals surface area contributed by atoms with E-state index in [0.717, 1.165) is 67.8 Å². The number of hydrogen-bond acceptors (Lipinski definition) is 4. The van der Waals surface area contributed by atoms with Crippen LogP contribution in [-0.4, -0.2) is 15.0 Å². The zero-order chi connectivity index (χ0) is 34.4. The zero-order valence-electron chi connectivity index (χ0n) is 28.5. The maximum absolute atomic E-state index is 6.28. The summed E-state index contributed by atoms with van der Waals surface area (Å²) < 4.78 is 6.28. The molecule has 0 aliphatic carbocycles. The summed E-state index contributed by atoms with van der Waals surface area (Å²) in [7, 11) is 0. The Kier molecular flexibility index (Phi) is 10.5. The average molecular weight is 848 g/mol. The van der Waals surface area contributed by atoms with Crippen LogP contribution in [0.5, 0.6) is 0 Å². The third kappa shape index (κ3) is 7.67. The molecule has 4 heterocycles. The minimum Gasteiger partial charge on any atom is -0.499 e. The Bertz CT molecular complexity index is 2500. The number of nitrogens with zero attached hydrogens (tertiary/aromatic N) is 3. The molecule has 0 saturated carbocycles. The summed E-state index contributed by atoms with van der Waals surface area (Å²) in [5.74, 6) is 0. The molecule has 1 radical (unpaired) electrons. The van der Waals surface area contributed by atoms with Gasteiger partial charge in [0.25, 0.3) is 0 Å². The predicted molar refractivity (Wildman–Crippen MR) is 207 cm³/mol. The fraction of sp³-hybridized carbons (Fsp3) is 0.0426. The van der Waals surface area contributed by atoms with E-state index in [1.807, 2.05) is 79.9 Å². The van der Waals surface area contributed by atoms with Crippen molar-refractivity contribution in [3.63, 3.8) is 0 Å². The van der Waals surface area contributed by atoms with Crippen molar-refractivity contribution in [2.45, 2.75) is 13.3 Å². The topological polar surface area (TPSA) is 51.8 Å². The van der Waals surface area contributed by atoms with Crippen LogP contribution in [0, 0.1) is 19.1 Å². The first kappa shape index (κ1) is 34.4. The summed E-state index contributed by atoms with van der Waals surface area (Å²) >= 11 is 0. The number of pyridine rings is 3. The van der Waals surface area contributed by atoms with Crippen molar-refractivity contribution in [3.05, 3.63) is 199 Å². The summed E-state index contributed by atoms with van der Waals surface area (Å²) in [6.07, 6.45) is 4.39. The fourth-order valence-electron chi connectivity index (χ4n) is 6.31. The normalized spacial score (nSPS) is 10.7. The number of hydrogen-bond donors (Lipinski definition) is 0. The van der Waals surface area contributed by atoms with E-state index < -0.39 is 0 Å². The Morgan fingerprint density at radius 3 is 1.92 bits per heavy atom. The van der Waals surface area contributed by atoms with Gasteiger partial charge in [-0.15, -0.1) is 59.2 Å². The predicted octanol–water partition coefficient (Wildman–Crippen LogP) is 11.6. The van der Waals surface area contributed by atoms with E-state index in [1.54, 1.807) is 6.20 Å². The van der Waals surface area contributed by atoms with E-state index in [-0.39, 0.29) is 20.1 Å². The second-order valence-electron chi connectivity index (χ2n) is 12.3. The maximum Gasteiger partial charge on any atom is 0.142 e. The molecule has 9 rings (SSSR count). The van der Waals surface area contributed by atoms with Gasteiger partial charge in [-0.05, 0) is 58.8 Å². The molecule has 0 atom stereocenters. The molecule has 52 heavy (non-hydrogen) atoms. The van der Waals surface area contributed by atoms with Crippen molar-refractivity contribution in [1.82, 2.24) is 15.0 Å². The Balaban J connectivity index is 0.000000188. The number of aromatic nitrogens is 3. The van der Waals surface area contributed by atoms with E-state index in [0.29, 0.717) is 0 Å². The van der Waals surface area contributed by atoms with Gasteiger partial charge in [0.2, 0.25) is 0 Å². The molecule has 0 bridgehead atoms. The van der Waals surface area contributed by atoms with E-state index in [1.165, 1.54) is 22.3 Å². The number of rotatable bonds is 6. The van der Waals surface area contributed by atoms with Gasteiger partial charge in [-0.3, -0.25) is 4.98 Å². The third-order valence-electron chi connectivity index (χ3n) is 8.79. The number of benzene rings is 5. The maximum atomic E-state index is 6.28. The average Bonchev–Trinajstić information content (AvgIpc) is 3.58. The fourth-order valence-corrected chi connectivity index (χ4v) is 6.31. The van der Waals surface area contributed by atoms with E-state index in [2.05, 4.69) is 113 Å². The molecule has 0 unspecified atom stereocenters. The molecule has 0 aliphatic heterocycles. The van der Waals surface area contributed by atoms with Gasteiger partial charge in [-0.1, -0.05) is 115 Å². The van der Waals surface area contributed by atoms with E-state index >= 15 is 0 Å². The van der Waals surface area contributed by atoms with Crippen LogP contribution in [0.4, 0.5) is 0 Å². The molecule has 0 amide bonds. The smallest absolute Gasteiger partial charge is 0.142 e. The molecule has 4 aromatic heterocycles. The summed E-state index contributed by atoms with van der Waals surface area (Å²) in [5, 5.41) is 2.14. The minimum absolute atomic E-state index is 0. The summed E-state index contributed by atoms with van der Waals surface area (Å²) in [4.78, 5) is 13.8. The molecule has 0 fully saturated rings. The molecule has 0 aliphatic rings. The van der Waals surface area contributed by atoms with Gasteiger partial charge < -0.3 is 14.4 Å². The summed E-state index contributed by atoms with van der Waals surface area (Å²) in [6, 6.07) is 60.0.